The average molecular weight is 287 g/mol. The van der Waals surface area contributed by atoms with Crippen LogP contribution in [0.5, 0.6) is 0 Å². The molecule has 0 unspecified atom stereocenters. The molecule has 0 aliphatic carbocycles. The summed E-state index contributed by atoms with van der Waals surface area (Å²) in [5, 5.41) is 4.76. The highest BCUT2D eigenvalue weighted by atomic mass is 16.3. The predicted molar refractivity (Wildman–Crippen MR) is 91.0 cm³/mol. The second-order valence-electron chi connectivity index (χ2n) is 7.31. The number of furan rings is 1. The van der Waals surface area contributed by atoms with Gasteiger partial charge >= 0.3 is 0 Å². The van der Waals surface area contributed by atoms with Crippen LogP contribution >= 0.6 is 0 Å². The number of aryl methyl sites for hydroxylation is 2. The minimum atomic E-state index is 0.164. The van der Waals surface area contributed by atoms with Gasteiger partial charge in [0.15, 0.2) is 0 Å². The zero-order valence-electron chi connectivity index (χ0n) is 14.6. The van der Waals surface area contributed by atoms with Gasteiger partial charge in [0, 0.05) is 17.0 Å². The quantitative estimate of drug-likeness (QED) is 0.846. The maximum absolute atomic E-state index is 6.18. The Hall–Kier alpha value is -1.28. The summed E-state index contributed by atoms with van der Waals surface area (Å²) in [6.45, 7) is 16.3. The fourth-order valence-electron chi connectivity index (χ4n) is 2.73. The third kappa shape index (κ3) is 3.32. The van der Waals surface area contributed by atoms with Crippen LogP contribution in [0.25, 0.3) is 11.0 Å². The number of hydrogen-bond donors (Lipinski definition) is 1. The highest BCUT2D eigenvalue weighted by Gasteiger charge is 2.20. The fraction of sp³-hybridized carbons (Fsp3) is 0.579. The number of nitrogens with one attached hydrogen (secondary N) is 1. The molecule has 2 aromatic rings. The number of rotatable bonds is 4. The van der Waals surface area contributed by atoms with Gasteiger partial charge in [-0.2, -0.15) is 0 Å². The largest absolute Gasteiger partial charge is 0.459 e. The molecule has 2 rings (SSSR count). The number of hydrogen-bond acceptors (Lipinski definition) is 2. The minimum Gasteiger partial charge on any atom is -0.459 e. The van der Waals surface area contributed by atoms with Crippen molar-refractivity contribution in [3.05, 3.63) is 34.6 Å². The van der Waals surface area contributed by atoms with Crippen LogP contribution in [-0.4, -0.2) is 6.04 Å². The zero-order chi connectivity index (χ0) is 15.8. The Morgan fingerprint density at radius 1 is 1.19 bits per heavy atom. The van der Waals surface area contributed by atoms with Crippen LogP contribution in [0, 0.1) is 6.92 Å². The lowest BCUT2D eigenvalue weighted by atomic mass is 9.85. The Balaban J connectivity index is 2.57. The monoisotopic (exact) mass is 287 g/mol. The van der Waals surface area contributed by atoms with E-state index >= 15 is 0 Å². The van der Waals surface area contributed by atoms with E-state index in [1.54, 1.807) is 0 Å². The highest BCUT2D eigenvalue weighted by Crippen LogP contribution is 2.34. The lowest BCUT2D eigenvalue weighted by Crippen LogP contribution is -2.22. The molecule has 0 saturated heterocycles. The van der Waals surface area contributed by atoms with E-state index in [4.69, 9.17) is 4.42 Å². The van der Waals surface area contributed by atoms with Gasteiger partial charge in [0.1, 0.15) is 11.3 Å². The van der Waals surface area contributed by atoms with Crippen molar-refractivity contribution in [1.82, 2.24) is 5.32 Å². The molecule has 21 heavy (non-hydrogen) atoms. The minimum absolute atomic E-state index is 0.164. The van der Waals surface area contributed by atoms with Crippen molar-refractivity contribution in [2.24, 2.45) is 0 Å². The molecule has 2 heteroatoms. The number of fused-ring (bicyclic) bond motifs is 1. The van der Waals surface area contributed by atoms with Gasteiger partial charge in [-0.1, -0.05) is 47.6 Å². The normalized spacial score (nSPS) is 12.6. The number of benzene rings is 1. The van der Waals surface area contributed by atoms with Crippen LogP contribution < -0.4 is 5.32 Å². The average Bonchev–Trinajstić information content (AvgIpc) is 2.73. The molecule has 1 N–H and O–H groups in total. The van der Waals surface area contributed by atoms with Crippen molar-refractivity contribution in [1.29, 1.82) is 0 Å². The second-order valence-corrected chi connectivity index (χ2v) is 7.31. The first-order valence-electron chi connectivity index (χ1n) is 8.02. The van der Waals surface area contributed by atoms with Crippen molar-refractivity contribution >= 4 is 11.0 Å². The van der Waals surface area contributed by atoms with Crippen molar-refractivity contribution in [2.75, 3.05) is 0 Å². The van der Waals surface area contributed by atoms with Gasteiger partial charge in [0.05, 0.1) is 6.54 Å². The van der Waals surface area contributed by atoms with Crippen LogP contribution in [0.4, 0.5) is 0 Å². The van der Waals surface area contributed by atoms with Crippen LogP contribution in [0.3, 0.4) is 0 Å². The topological polar surface area (TPSA) is 25.2 Å². The Labute approximate surface area is 128 Å². The first-order valence-corrected chi connectivity index (χ1v) is 8.02. The molecule has 1 heterocycles. The van der Waals surface area contributed by atoms with E-state index in [0.29, 0.717) is 6.04 Å². The second kappa shape index (κ2) is 5.84. The summed E-state index contributed by atoms with van der Waals surface area (Å²) in [5.74, 6) is 1.09. The van der Waals surface area contributed by atoms with Crippen molar-refractivity contribution in [3.8, 4) is 0 Å². The summed E-state index contributed by atoms with van der Waals surface area (Å²) in [4.78, 5) is 0. The highest BCUT2D eigenvalue weighted by molar-refractivity contribution is 5.86. The molecule has 0 saturated carbocycles. The van der Waals surface area contributed by atoms with Crippen molar-refractivity contribution in [3.63, 3.8) is 0 Å². The van der Waals surface area contributed by atoms with Gasteiger partial charge in [0.2, 0.25) is 0 Å². The third-order valence-corrected chi connectivity index (χ3v) is 4.05. The van der Waals surface area contributed by atoms with E-state index in [1.165, 1.54) is 22.1 Å². The summed E-state index contributed by atoms with van der Waals surface area (Å²) < 4.78 is 6.18. The van der Waals surface area contributed by atoms with Gasteiger partial charge < -0.3 is 9.73 Å². The molecule has 0 bridgehead atoms. The predicted octanol–water partition coefficient (Wildman–Crippen LogP) is 5.10. The third-order valence-electron chi connectivity index (χ3n) is 4.05. The summed E-state index contributed by atoms with van der Waals surface area (Å²) in [5.41, 5.74) is 5.19. The molecular weight excluding hydrogens is 258 g/mol. The SMILES string of the molecule is CCc1c(CNC(C)C)oc2c(C)cc(C(C)(C)C)cc12. The fourth-order valence-corrected chi connectivity index (χ4v) is 2.73. The van der Waals surface area contributed by atoms with Gasteiger partial charge in [0.25, 0.3) is 0 Å². The maximum atomic E-state index is 6.18. The Bertz CT molecular complexity index is 629. The summed E-state index contributed by atoms with van der Waals surface area (Å²) in [7, 11) is 0. The maximum Gasteiger partial charge on any atom is 0.137 e. The molecule has 1 aromatic heterocycles. The molecule has 0 aliphatic rings. The Morgan fingerprint density at radius 2 is 1.86 bits per heavy atom. The van der Waals surface area contributed by atoms with Crippen LogP contribution in [-0.2, 0) is 18.4 Å². The molecule has 0 fully saturated rings. The van der Waals surface area contributed by atoms with Gasteiger partial charge in [-0.3, -0.25) is 0 Å². The molecule has 2 nitrogen and oxygen atoms in total. The lowest BCUT2D eigenvalue weighted by molar-refractivity contribution is 0.483. The van der Waals surface area contributed by atoms with Crippen LogP contribution in [0.15, 0.2) is 16.5 Å². The van der Waals surface area contributed by atoms with E-state index in [0.717, 1.165) is 24.3 Å². The van der Waals surface area contributed by atoms with Gasteiger partial charge in [-0.15, -0.1) is 0 Å². The Morgan fingerprint density at radius 3 is 2.38 bits per heavy atom. The molecule has 116 valence electrons. The molecule has 0 spiro atoms. The lowest BCUT2D eigenvalue weighted by Gasteiger charge is -2.19. The van der Waals surface area contributed by atoms with E-state index in [9.17, 15) is 0 Å². The first kappa shape index (κ1) is 16.1. The molecule has 0 amide bonds. The summed E-state index contributed by atoms with van der Waals surface area (Å²) in [6.07, 6.45) is 1.01. The smallest absolute Gasteiger partial charge is 0.137 e. The molecule has 0 aliphatic heterocycles. The zero-order valence-corrected chi connectivity index (χ0v) is 14.6. The molecule has 0 atom stereocenters. The standard InChI is InChI=1S/C19H29NO/c1-8-15-16-10-14(19(5,6)7)9-13(4)18(16)21-17(15)11-20-12(2)3/h9-10,12,20H,8,11H2,1-7H3. The summed E-state index contributed by atoms with van der Waals surface area (Å²) in [6, 6.07) is 5.06. The van der Waals surface area contributed by atoms with Crippen LogP contribution in [0.1, 0.15) is 64.0 Å². The van der Waals surface area contributed by atoms with E-state index in [1.807, 2.05) is 0 Å². The summed E-state index contributed by atoms with van der Waals surface area (Å²) >= 11 is 0. The van der Waals surface area contributed by atoms with E-state index in [-0.39, 0.29) is 5.41 Å². The molecule has 0 radical (unpaired) electrons. The van der Waals surface area contributed by atoms with Gasteiger partial charge in [-0.25, -0.2) is 0 Å². The van der Waals surface area contributed by atoms with Crippen molar-refractivity contribution < 1.29 is 4.42 Å². The Kier molecular flexibility index (Phi) is 4.48. The van der Waals surface area contributed by atoms with Crippen molar-refractivity contribution in [2.45, 2.75) is 72.9 Å². The van der Waals surface area contributed by atoms with E-state index in [2.05, 4.69) is 65.9 Å². The first-order chi connectivity index (χ1) is 9.74. The van der Waals surface area contributed by atoms with Gasteiger partial charge in [-0.05, 0) is 36.0 Å². The van der Waals surface area contributed by atoms with E-state index < -0.39 is 0 Å². The van der Waals surface area contributed by atoms with Crippen LogP contribution in [0.2, 0.25) is 0 Å². The molecule has 1 aromatic carbocycles. The molecular formula is C19H29NO.